The zero-order valence-corrected chi connectivity index (χ0v) is 10.9. The van der Waals surface area contributed by atoms with Crippen LogP contribution in [0, 0.1) is 18.8 Å². The van der Waals surface area contributed by atoms with E-state index in [1.807, 2.05) is 19.1 Å². The van der Waals surface area contributed by atoms with Crippen LogP contribution in [0.4, 0.5) is 0 Å². The van der Waals surface area contributed by atoms with Gasteiger partial charge in [0.25, 0.3) is 0 Å². The first-order valence-corrected chi connectivity index (χ1v) is 6.81. The van der Waals surface area contributed by atoms with Gasteiger partial charge in [-0.05, 0) is 49.3 Å². The quantitative estimate of drug-likeness (QED) is 0.864. The van der Waals surface area contributed by atoms with Crippen molar-refractivity contribution in [2.45, 2.75) is 52.1 Å². The summed E-state index contributed by atoms with van der Waals surface area (Å²) in [5, 5.41) is 10.4. The molecule has 1 atom stereocenters. The van der Waals surface area contributed by atoms with E-state index in [0.29, 0.717) is 5.92 Å². The molecule has 1 aromatic heterocycles. The second-order valence-electron chi connectivity index (χ2n) is 5.36. The molecule has 0 radical (unpaired) electrons. The third-order valence-electron chi connectivity index (χ3n) is 4.18. The maximum atomic E-state index is 10.4. The number of hydrogen-bond acceptors (Lipinski definition) is 2. The Morgan fingerprint density at radius 2 is 2.06 bits per heavy atom. The van der Waals surface area contributed by atoms with Crippen LogP contribution in [0.1, 0.15) is 56.4 Å². The summed E-state index contributed by atoms with van der Waals surface area (Å²) in [6.45, 7) is 4.25. The van der Waals surface area contributed by atoms with Gasteiger partial charge >= 0.3 is 0 Å². The molecule has 1 fully saturated rings. The van der Waals surface area contributed by atoms with Crippen molar-refractivity contribution in [1.29, 1.82) is 0 Å². The molecular formula is C15H23NO. The predicted molar refractivity (Wildman–Crippen MR) is 69.7 cm³/mol. The highest BCUT2D eigenvalue weighted by Crippen LogP contribution is 2.37. The van der Waals surface area contributed by atoms with Crippen molar-refractivity contribution in [2.24, 2.45) is 11.8 Å². The third-order valence-corrected chi connectivity index (χ3v) is 4.18. The predicted octanol–water partition coefficient (Wildman–Crippen LogP) is 3.64. The summed E-state index contributed by atoms with van der Waals surface area (Å²) in [5.41, 5.74) is 2.03. The van der Waals surface area contributed by atoms with Crippen LogP contribution in [-0.2, 0) is 0 Å². The molecule has 2 rings (SSSR count). The number of hydrogen-bond donors (Lipinski definition) is 1. The molecule has 0 spiro atoms. The van der Waals surface area contributed by atoms with Crippen LogP contribution in [0.25, 0.3) is 0 Å². The lowest BCUT2D eigenvalue weighted by atomic mass is 9.77. The van der Waals surface area contributed by atoms with E-state index in [2.05, 4.69) is 11.9 Å². The highest BCUT2D eigenvalue weighted by atomic mass is 16.3. The van der Waals surface area contributed by atoms with Crippen molar-refractivity contribution in [3.8, 4) is 0 Å². The minimum absolute atomic E-state index is 0.297. The monoisotopic (exact) mass is 233 g/mol. The lowest BCUT2D eigenvalue weighted by Crippen LogP contribution is -2.20. The molecule has 0 aliphatic heterocycles. The van der Waals surface area contributed by atoms with E-state index < -0.39 is 0 Å². The molecule has 0 aromatic carbocycles. The molecule has 1 aliphatic rings. The van der Waals surface area contributed by atoms with Crippen molar-refractivity contribution < 1.29 is 5.11 Å². The van der Waals surface area contributed by atoms with Crippen LogP contribution in [-0.4, -0.2) is 10.1 Å². The van der Waals surface area contributed by atoms with Gasteiger partial charge in [0.15, 0.2) is 0 Å². The largest absolute Gasteiger partial charge is 0.388 e. The normalized spacial score (nSPS) is 26.8. The van der Waals surface area contributed by atoms with Gasteiger partial charge < -0.3 is 5.11 Å². The standard InChI is InChI=1S/C15H23NO/c1-3-12-4-6-13(7-5-12)15(17)14-8-9-16-11(2)10-14/h8-10,12-13,15,17H,3-7H2,1-2H3. The summed E-state index contributed by atoms with van der Waals surface area (Å²) in [6, 6.07) is 3.96. The molecule has 1 aliphatic carbocycles. The van der Waals surface area contributed by atoms with Gasteiger partial charge in [-0.3, -0.25) is 4.98 Å². The fourth-order valence-electron chi connectivity index (χ4n) is 2.94. The highest BCUT2D eigenvalue weighted by Gasteiger charge is 2.26. The molecule has 0 bridgehead atoms. The van der Waals surface area contributed by atoms with E-state index in [1.165, 1.54) is 32.1 Å². The third kappa shape index (κ3) is 3.06. The Morgan fingerprint density at radius 1 is 1.35 bits per heavy atom. The van der Waals surface area contributed by atoms with Crippen molar-refractivity contribution in [3.05, 3.63) is 29.6 Å². The topological polar surface area (TPSA) is 33.1 Å². The summed E-state index contributed by atoms with van der Waals surface area (Å²) in [5.74, 6) is 1.33. The van der Waals surface area contributed by atoms with Gasteiger partial charge in [0.1, 0.15) is 0 Å². The van der Waals surface area contributed by atoms with Crippen LogP contribution < -0.4 is 0 Å². The fourth-order valence-corrected chi connectivity index (χ4v) is 2.94. The number of rotatable bonds is 3. The Labute approximate surface area is 104 Å². The van der Waals surface area contributed by atoms with Crippen molar-refractivity contribution in [2.75, 3.05) is 0 Å². The van der Waals surface area contributed by atoms with Crippen molar-refractivity contribution in [3.63, 3.8) is 0 Å². The van der Waals surface area contributed by atoms with Gasteiger partial charge in [0.05, 0.1) is 6.10 Å². The molecule has 0 amide bonds. The van der Waals surface area contributed by atoms with E-state index in [1.54, 1.807) is 6.20 Å². The molecule has 0 saturated heterocycles. The average Bonchev–Trinajstić information content (AvgIpc) is 2.38. The molecule has 1 saturated carbocycles. The summed E-state index contributed by atoms with van der Waals surface area (Å²) in [7, 11) is 0. The van der Waals surface area contributed by atoms with Gasteiger partial charge in [-0.1, -0.05) is 26.2 Å². The van der Waals surface area contributed by atoms with Crippen LogP contribution in [0.3, 0.4) is 0 Å². The molecule has 1 aromatic rings. The summed E-state index contributed by atoms with van der Waals surface area (Å²) >= 11 is 0. The van der Waals surface area contributed by atoms with Crippen molar-refractivity contribution in [1.82, 2.24) is 4.98 Å². The Hall–Kier alpha value is -0.890. The smallest absolute Gasteiger partial charge is 0.0819 e. The minimum atomic E-state index is -0.297. The highest BCUT2D eigenvalue weighted by molar-refractivity contribution is 5.18. The average molecular weight is 233 g/mol. The number of nitrogens with zero attached hydrogens (tertiary/aromatic N) is 1. The number of pyridine rings is 1. The van der Waals surface area contributed by atoms with Gasteiger partial charge in [-0.25, -0.2) is 0 Å². The minimum Gasteiger partial charge on any atom is -0.388 e. The zero-order chi connectivity index (χ0) is 12.3. The second kappa shape index (κ2) is 5.63. The number of aryl methyl sites for hydroxylation is 1. The van der Waals surface area contributed by atoms with Crippen LogP contribution >= 0.6 is 0 Å². The van der Waals surface area contributed by atoms with E-state index in [4.69, 9.17) is 0 Å². The lowest BCUT2D eigenvalue weighted by molar-refractivity contribution is 0.0728. The Kier molecular flexibility index (Phi) is 4.16. The molecule has 1 heterocycles. The Morgan fingerprint density at radius 3 is 2.65 bits per heavy atom. The Bertz CT molecular complexity index is 356. The van der Waals surface area contributed by atoms with Crippen molar-refractivity contribution >= 4 is 0 Å². The molecular weight excluding hydrogens is 210 g/mol. The SMILES string of the molecule is CCC1CCC(C(O)c2ccnc(C)c2)CC1. The van der Waals surface area contributed by atoms with Crippen LogP contribution in [0.15, 0.2) is 18.3 Å². The fraction of sp³-hybridized carbons (Fsp3) is 0.667. The van der Waals surface area contributed by atoms with Gasteiger partial charge in [0, 0.05) is 11.9 Å². The number of aliphatic hydroxyl groups excluding tert-OH is 1. The van der Waals surface area contributed by atoms with E-state index in [9.17, 15) is 5.11 Å². The number of aliphatic hydroxyl groups is 1. The summed E-state index contributed by atoms with van der Waals surface area (Å²) in [4.78, 5) is 4.18. The molecule has 17 heavy (non-hydrogen) atoms. The maximum Gasteiger partial charge on any atom is 0.0819 e. The first-order chi connectivity index (χ1) is 8.20. The molecule has 1 unspecified atom stereocenters. The van der Waals surface area contributed by atoms with E-state index in [0.717, 1.165) is 17.2 Å². The van der Waals surface area contributed by atoms with Gasteiger partial charge in [0.2, 0.25) is 0 Å². The first kappa shape index (κ1) is 12.6. The molecule has 1 N–H and O–H groups in total. The maximum absolute atomic E-state index is 10.4. The summed E-state index contributed by atoms with van der Waals surface area (Å²) < 4.78 is 0. The molecule has 94 valence electrons. The molecule has 2 heteroatoms. The van der Waals surface area contributed by atoms with Crippen LogP contribution in [0.2, 0.25) is 0 Å². The zero-order valence-electron chi connectivity index (χ0n) is 10.9. The molecule has 2 nitrogen and oxygen atoms in total. The van der Waals surface area contributed by atoms with Gasteiger partial charge in [-0.2, -0.15) is 0 Å². The van der Waals surface area contributed by atoms with Crippen LogP contribution in [0.5, 0.6) is 0 Å². The lowest BCUT2D eigenvalue weighted by Gasteiger charge is -2.31. The first-order valence-electron chi connectivity index (χ1n) is 6.81. The summed E-state index contributed by atoms with van der Waals surface area (Å²) in [6.07, 6.45) is 7.68. The van der Waals surface area contributed by atoms with E-state index >= 15 is 0 Å². The van der Waals surface area contributed by atoms with E-state index in [-0.39, 0.29) is 6.10 Å². The van der Waals surface area contributed by atoms with Gasteiger partial charge in [-0.15, -0.1) is 0 Å². The number of aromatic nitrogens is 1. The second-order valence-corrected chi connectivity index (χ2v) is 5.36. The Balaban J connectivity index is 1.99.